The van der Waals surface area contributed by atoms with E-state index in [9.17, 15) is 9.90 Å². The number of nitrogens with zero attached hydrogens (tertiary/aromatic N) is 1. The zero-order valence-electron chi connectivity index (χ0n) is 19.3. The monoisotopic (exact) mass is 420 g/mol. The van der Waals surface area contributed by atoms with Crippen molar-refractivity contribution in [2.45, 2.75) is 54.3 Å². The van der Waals surface area contributed by atoms with Crippen LogP contribution < -0.4 is 10.1 Å². The normalized spacial score (nSPS) is 11.0. The van der Waals surface area contributed by atoms with Gasteiger partial charge >= 0.3 is 5.97 Å². The highest BCUT2D eigenvalue weighted by molar-refractivity contribution is 5.91. The van der Waals surface area contributed by atoms with Gasteiger partial charge in [-0.15, -0.1) is 0 Å². The molecule has 0 atom stereocenters. The molecule has 2 aromatic carbocycles. The maximum atomic E-state index is 12.1. The predicted molar refractivity (Wildman–Crippen MR) is 124 cm³/mol. The lowest BCUT2D eigenvalue weighted by Crippen LogP contribution is -2.17. The Kier molecular flexibility index (Phi) is 6.86. The van der Waals surface area contributed by atoms with Gasteiger partial charge in [0.1, 0.15) is 5.75 Å². The molecule has 0 spiro atoms. The lowest BCUT2D eigenvalue weighted by molar-refractivity contribution is 0.0694. The van der Waals surface area contributed by atoms with Crippen molar-refractivity contribution in [1.82, 2.24) is 9.88 Å². The van der Waals surface area contributed by atoms with E-state index in [1.54, 1.807) is 7.11 Å². The summed E-state index contributed by atoms with van der Waals surface area (Å²) in [5, 5.41) is 13.4. The number of aromatic carboxylic acids is 1. The zero-order valence-corrected chi connectivity index (χ0v) is 19.3. The first-order chi connectivity index (χ1) is 14.7. The fraction of sp³-hybridized carbons (Fsp3) is 0.346. The van der Waals surface area contributed by atoms with Crippen LogP contribution in [0.4, 0.5) is 0 Å². The van der Waals surface area contributed by atoms with Gasteiger partial charge in [0.15, 0.2) is 0 Å². The fourth-order valence-electron chi connectivity index (χ4n) is 4.40. The van der Waals surface area contributed by atoms with Crippen molar-refractivity contribution in [3.8, 4) is 5.75 Å². The third-order valence-corrected chi connectivity index (χ3v) is 6.07. The van der Waals surface area contributed by atoms with E-state index < -0.39 is 5.97 Å². The van der Waals surface area contributed by atoms with Crippen LogP contribution in [0.5, 0.6) is 5.75 Å². The molecule has 3 aromatic rings. The molecule has 0 aliphatic carbocycles. The minimum Gasteiger partial charge on any atom is -0.497 e. The summed E-state index contributed by atoms with van der Waals surface area (Å²) in [7, 11) is 1.65. The molecule has 0 aliphatic rings. The summed E-state index contributed by atoms with van der Waals surface area (Å²) in [5.74, 6) is -0.0731. The number of aromatic nitrogens is 1. The molecule has 0 aliphatic heterocycles. The van der Waals surface area contributed by atoms with Gasteiger partial charge in [-0.25, -0.2) is 4.79 Å². The van der Waals surface area contributed by atoms with Gasteiger partial charge in [0, 0.05) is 36.6 Å². The second-order valence-corrected chi connectivity index (χ2v) is 8.24. The molecule has 0 unspecified atom stereocenters. The first-order valence-corrected chi connectivity index (χ1v) is 10.5. The van der Waals surface area contributed by atoms with E-state index in [4.69, 9.17) is 4.74 Å². The molecule has 1 heterocycles. The summed E-state index contributed by atoms with van der Waals surface area (Å²) < 4.78 is 7.32. The van der Waals surface area contributed by atoms with Crippen molar-refractivity contribution in [2.24, 2.45) is 0 Å². The highest BCUT2D eigenvalue weighted by Crippen LogP contribution is 2.25. The van der Waals surface area contributed by atoms with Crippen LogP contribution in [-0.2, 0) is 19.6 Å². The third-order valence-electron chi connectivity index (χ3n) is 6.07. The minimum absolute atomic E-state index is 0.399. The first kappa shape index (κ1) is 22.6. The maximum absolute atomic E-state index is 12.1. The van der Waals surface area contributed by atoms with Crippen molar-refractivity contribution in [3.63, 3.8) is 0 Å². The van der Waals surface area contributed by atoms with Crippen molar-refractivity contribution in [3.05, 3.63) is 86.7 Å². The van der Waals surface area contributed by atoms with Gasteiger partial charge in [-0.1, -0.05) is 29.8 Å². The van der Waals surface area contributed by atoms with E-state index in [0.717, 1.165) is 28.3 Å². The van der Waals surface area contributed by atoms with Crippen molar-refractivity contribution < 1.29 is 14.6 Å². The van der Waals surface area contributed by atoms with E-state index >= 15 is 0 Å². The van der Waals surface area contributed by atoms with E-state index in [1.165, 1.54) is 22.3 Å². The Balaban J connectivity index is 1.84. The number of ether oxygens (including phenoxy) is 1. The molecular formula is C26H32N2O3. The molecule has 0 amide bonds. The number of carboxylic acids is 1. The molecule has 2 N–H and O–H groups in total. The van der Waals surface area contributed by atoms with E-state index in [1.807, 2.05) is 38.1 Å². The van der Waals surface area contributed by atoms with Crippen LogP contribution in [0, 0.1) is 34.6 Å². The van der Waals surface area contributed by atoms with Crippen LogP contribution >= 0.6 is 0 Å². The summed E-state index contributed by atoms with van der Waals surface area (Å²) in [6, 6.07) is 12.3. The van der Waals surface area contributed by atoms with Gasteiger partial charge in [-0.3, -0.25) is 0 Å². The molecular weight excluding hydrogens is 388 g/mol. The largest absolute Gasteiger partial charge is 0.497 e. The molecule has 1 aromatic heterocycles. The summed E-state index contributed by atoms with van der Waals surface area (Å²) in [6.45, 7) is 12.1. The van der Waals surface area contributed by atoms with E-state index in [-0.39, 0.29) is 0 Å². The number of hydrogen-bond donors (Lipinski definition) is 2. The quantitative estimate of drug-likeness (QED) is 0.534. The molecule has 0 radical (unpaired) electrons. The summed E-state index contributed by atoms with van der Waals surface area (Å²) in [4.78, 5) is 12.1. The number of carbonyl (C=O) groups is 1. The lowest BCUT2D eigenvalue weighted by atomic mass is 9.99. The molecule has 0 saturated carbocycles. The Morgan fingerprint density at radius 3 is 2.06 bits per heavy atom. The number of benzene rings is 2. The van der Waals surface area contributed by atoms with Gasteiger partial charge in [-0.05, 0) is 69.0 Å². The van der Waals surface area contributed by atoms with Crippen LogP contribution in [-0.4, -0.2) is 22.8 Å². The van der Waals surface area contributed by atoms with Gasteiger partial charge in [0.05, 0.1) is 12.7 Å². The second-order valence-electron chi connectivity index (χ2n) is 8.24. The SMILES string of the molecule is COc1ccc(Cn2c(C)c(CNCc3c(C)cc(C)cc3C)c(C(=O)O)c2C)cc1. The summed E-state index contributed by atoms with van der Waals surface area (Å²) >= 11 is 0. The predicted octanol–water partition coefficient (Wildman–Crippen LogP) is 5.08. The van der Waals surface area contributed by atoms with Gasteiger partial charge in [-0.2, -0.15) is 0 Å². The summed E-state index contributed by atoms with van der Waals surface area (Å²) in [5.41, 5.74) is 9.16. The Morgan fingerprint density at radius 1 is 0.935 bits per heavy atom. The number of methoxy groups -OCH3 is 1. The Labute approximate surface area is 184 Å². The Hall–Kier alpha value is -3.05. The Morgan fingerprint density at radius 2 is 1.52 bits per heavy atom. The average molecular weight is 421 g/mol. The number of hydrogen-bond acceptors (Lipinski definition) is 3. The standard InChI is InChI=1S/C26H32N2O3/c1-16-11-17(2)23(18(3)12-16)13-27-14-24-19(4)28(20(5)25(24)26(29)30)15-21-7-9-22(31-6)10-8-21/h7-12,27H,13-15H2,1-6H3,(H,29,30). The molecule has 31 heavy (non-hydrogen) atoms. The highest BCUT2D eigenvalue weighted by Gasteiger charge is 2.22. The molecule has 3 rings (SSSR count). The molecule has 5 heteroatoms. The van der Waals surface area contributed by atoms with Crippen LogP contribution in [0.1, 0.15) is 55.1 Å². The van der Waals surface area contributed by atoms with Crippen molar-refractivity contribution >= 4 is 5.97 Å². The molecule has 0 fully saturated rings. The Bertz CT molecular complexity index is 1070. The summed E-state index contributed by atoms with van der Waals surface area (Å²) in [6.07, 6.45) is 0. The lowest BCUT2D eigenvalue weighted by Gasteiger charge is -2.13. The van der Waals surface area contributed by atoms with E-state index in [0.29, 0.717) is 25.2 Å². The minimum atomic E-state index is -0.881. The first-order valence-electron chi connectivity index (χ1n) is 10.5. The third kappa shape index (κ3) is 4.83. The van der Waals surface area contributed by atoms with Crippen molar-refractivity contribution in [1.29, 1.82) is 0 Å². The van der Waals surface area contributed by atoms with Gasteiger partial charge < -0.3 is 19.7 Å². The number of carboxylic acid groups (broad SMARTS) is 1. The number of aryl methyl sites for hydroxylation is 3. The zero-order chi connectivity index (χ0) is 22.7. The van der Waals surface area contributed by atoms with Crippen molar-refractivity contribution in [2.75, 3.05) is 7.11 Å². The van der Waals surface area contributed by atoms with Crippen LogP contribution in [0.2, 0.25) is 0 Å². The van der Waals surface area contributed by atoms with Crippen LogP contribution in [0.15, 0.2) is 36.4 Å². The van der Waals surface area contributed by atoms with Crippen LogP contribution in [0.25, 0.3) is 0 Å². The second kappa shape index (κ2) is 9.40. The van der Waals surface area contributed by atoms with Crippen LogP contribution in [0.3, 0.4) is 0 Å². The fourth-order valence-corrected chi connectivity index (χ4v) is 4.40. The van der Waals surface area contributed by atoms with E-state index in [2.05, 4.69) is 42.8 Å². The van der Waals surface area contributed by atoms with Gasteiger partial charge in [0.25, 0.3) is 0 Å². The average Bonchev–Trinajstić information content (AvgIpc) is 2.94. The number of rotatable bonds is 8. The molecule has 164 valence electrons. The number of nitrogens with one attached hydrogen (secondary N) is 1. The van der Waals surface area contributed by atoms with Gasteiger partial charge in [0.2, 0.25) is 0 Å². The molecule has 5 nitrogen and oxygen atoms in total. The topological polar surface area (TPSA) is 63.5 Å². The maximum Gasteiger partial charge on any atom is 0.337 e. The highest BCUT2D eigenvalue weighted by atomic mass is 16.5. The molecule has 0 saturated heterocycles. The molecule has 0 bridgehead atoms. The smallest absolute Gasteiger partial charge is 0.337 e.